The number of carboxylic acid groups (broad SMARTS) is 1. The van der Waals surface area contributed by atoms with Crippen molar-refractivity contribution in [2.75, 3.05) is 6.54 Å². The van der Waals surface area contributed by atoms with Gasteiger partial charge in [-0.2, -0.15) is 0 Å². The first-order chi connectivity index (χ1) is 12.1. The van der Waals surface area contributed by atoms with Gasteiger partial charge in [-0.15, -0.1) is 0 Å². The van der Waals surface area contributed by atoms with Crippen molar-refractivity contribution in [1.29, 1.82) is 0 Å². The van der Waals surface area contributed by atoms with Gasteiger partial charge >= 0.3 is 5.97 Å². The Morgan fingerprint density at radius 1 is 1.35 bits per heavy atom. The van der Waals surface area contributed by atoms with E-state index in [2.05, 4.69) is 4.99 Å². The van der Waals surface area contributed by atoms with Crippen molar-refractivity contribution in [3.63, 3.8) is 0 Å². The van der Waals surface area contributed by atoms with Crippen molar-refractivity contribution in [3.8, 4) is 0 Å². The second-order valence-corrected chi connectivity index (χ2v) is 9.20. The minimum absolute atomic E-state index is 0.224. The lowest BCUT2D eigenvalue weighted by Gasteiger charge is -2.35. The van der Waals surface area contributed by atoms with Crippen LogP contribution in [0.4, 0.5) is 0 Å². The van der Waals surface area contributed by atoms with E-state index in [0.29, 0.717) is 5.56 Å². The van der Waals surface area contributed by atoms with Gasteiger partial charge in [-0.1, -0.05) is 29.8 Å². The first kappa shape index (κ1) is 18.2. The van der Waals surface area contributed by atoms with Gasteiger partial charge in [0.15, 0.2) is 21.7 Å². The molecule has 1 aromatic carbocycles. The third-order valence-corrected chi connectivity index (χ3v) is 7.59. The molecule has 2 saturated heterocycles. The lowest BCUT2D eigenvalue weighted by Crippen LogP contribution is -2.57. The number of fused-ring (bicyclic) bond motifs is 1. The summed E-state index contributed by atoms with van der Waals surface area (Å²) in [7, 11) is -3.96. The third-order valence-electron chi connectivity index (χ3n) is 4.93. The van der Waals surface area contributed by atoms with Crippen LogP contribution in [0.1, 0.15) is 29.3 Å². The van der Waals surface area contributed by atoms with Crippen LogP contribution in [0.15, 0.2) is 29.3 Å². The van der Waals surface area contributed by atoms with Crippen molar-refractivity contribution in [3.05, 3.63) is 35.4 Å². The zero-order valence-corrected chi connectivity index (χ0v) is 15.1. The monoisotopic (exact) mass is 378 g/mol. The molecule has 8 nitrogen and oxygen atoms in total. The number of sulfone groups is 1. The summed E-state index contributed by atoms with van der Waals surface area (Å²) in [4.78, 5) is 40.3. The highest BCUT2D eigenvalue weighted by molar-refractivity contribution is 7.94. The van der Waals surface area contributed by atoms with Crippen molar-refractivity contribution in [1.82, 2.24) is 4.90 Å². The summed E-state index contributed by atoms with van der Waals surface area (Å²) < 4.78 is 23.5. The fourth-order valence-electron chi connectivity index (χ4n) is 3.34. The van der Waals surface area contributed by atoms with Crippen molar-refractivity contribution in [2.24, 2.45) is 4.99 Å². The molecule has 0 aromatic heterocycles. The molecule has 1 N–H and O–H groups in total. The molecule has 3 atom stereocenters. The van der Waals surface area contributed by atoms with Crippen LogP contribution in [-0.2, 0) is 19.4 Å². The number of carboxylic acids is 1. The molecule has 3 rings (SSSR count). The summed E-state index contributed by atoms with van der Waals surface area (Å²) in [5, 5.41) is 8.31. The average Bonchev–Trinajstić information content (AvgIpc) is 2.70. The van der Waals surface area contributed by atoms with Crippen molar-refractivity contribution < 1.29 is 27.9 Å². The molecule has 9 heteroatoms. The number of nitrogens with zero attached hydrogens (tertiary/aromatic N) is 2. The van der Waals surface area contributed by atoms with Gasteiger partial charge in [0.2, 0.25) is 5.91 Å². The van der Waals surface area contributed by atoms with E-state index in [4.69, 9.17) is 0 Å². The van der Waals surface area contributed by atoms with Crippen LogP contribution in [0.25, 0.3) is 0 Å². The number of aryl methyl sites for hydroxylation is 1. The number of hydrogen-bond donors (Lipinski definition) is 1. The highest BCUT2D eigenvalue weighted by Gasteiger charge is 2.69. The Hall–Kier alpha value is -2.55. The largest absolute Gasteiger partial charge is 0.480 e. The Balaban J connectivity index is 1.85. The van der Waals surface area contributed by atoms with Crippen LogP contribution >= 0.6 is 0 Å². The highest BCUT2D eigenvalue weighted by atomic mass is 32.2. The van der Waals surface area contributed by atoms with Crippen LogP contribution in [0.5, 0.6) is 0 Å². The number of rotatable bonds is 5. The minimum Gasteiger partial charge on any atom is -0.480 e. The van der Waals surface area contributed by atoms with Crippen LogP contribution in [-0.4, -0.2) is 65.0 Å². The summed E-state index contributed by atoms with van der Waals surface area (Å²) in [6, 6.07) is 5.29. The summed E-state index contributed by atoms with van der Waals surface area (Å²) in [5.74, 6) is -2.24. The topological polar surface area (TPSA) is 121 Å². The maximum atomic E-state index is 12.7. The molecule has 2 aliphatic rings. The number of Topliss-reactive ketones (excluding diaryl/α,β-unsaturated/α-hetero) is 1. The lowest BCUT2D eigenvalue weighted by atomic mass is 9.97. The molecule has 26 heavy (non-hydrogen) atoms. The van der Waals surface area contributed by atoms with E-state index < -0.39 is 37.9 Å². The van der Waals surface area contributed by atoms with Crippen LogP contribution in [0.2, 0.25) is 0 Å². The number of carbonyl (C=O) groups excluding carboxylic acids is 2. The number of aliphatic carboxylic acids is 1. The first-order valence-corrected chi connectivity index (χ1v) is 9.52. The maximum Gasteiger partial charge on any atom is 0.328 e. The van der Waals surface area contributed by atoms with Gasteiger partial charge in [0.1, 0.15) is 16.7 Å². The Morgan fingerprint density at radius 2 is 1.96 bits per heavy atom. The van der Waals surface area contributed by atoms with E-state index in [1.165, 1.54) is 6.92 Å². The number of aliphatic imine (C=N–C) groups is 1. The SMILES string of the molecule is Cc1ccc(C(=O)CN=C[C@@]2(C)[C@H](C(=O)O)N3C(=O)C[C@H]3S2(=O)=O)cc1. The molecule has 1 amide bonds. The van der Waals surface area contributed by atoms with Crippen molar-refractivity contribution in [2.45, 2.75) is 36.4 Å². The molecular formula is C17H18N2O6S. The molecule has 0 bridgehead atoms. The minimum atomic E-state index is -3.96. The molecule has 0 radical (unpaired) electrons. The smallest absolute Gasteiger partial charge is 0.328 e. The Labute approximate surface area is 150 Å². The normalized spacial score (nSPS) is 29.5. The number of hydrogen-bond acceptors (Lipinski definition) is 6. The molecule has 0 unspecified atom stereocenters. The standard InChI is InChI=1S/C17H18N2O6S/c1-10-3-5-11(6-4-10)12(20)8-18-9-17(2)15(16(22)23)19-13(21)7-14(19)26(17,24)25/h3-6,9,14-15H,7-8H2,1-2H3,(H,22,23)/t14-,15+,17+/m1/s1. The molecular weight excluding hydrogens is 360 g/mol. The van der Waals surface area contributed by atoms with E-state index in [1.807, 2.05) is 6.92 Å². The van der Waals surface area contributed by atoms with Gasteiger partial charge in [-0.3, -0.25) is 14.6 Å². The van der Waals surface area contributed by atoms with Crippen molar-refractivity contribution >= 4 is 33.7 Å². The number of β-lactam (4-membered cyclic amide) rings is 1. The maximum absolute atomic E-state index is 12.7. The molecule has 138 valence electrons. The number of benzene rings is 1. The second kappa shape index (κ2) is 6.01. The molecule has 2 aliphatic heterocycles. The molecule has 0 saturated carbocycles. The highest BCUT2D eigenvalue weighted by Crippen LogP contribution is 2.45. The van der Waals surface area contributed by atoms with Gasteiger partial charge in [-0.25, -0.2) is 13.2 Å². The van der Waals surface area contributed by atoms with Gasteiger partial charge in [-0.05, 0) is 13.8 Å². The van der Waals surface area contributed by atoms with E-state index in [0.717, 1.165) is 16.7 Å². The first-order valence-electron chi connectivity index (χ1n) is 7.98. The van der Waals surface area contributed by atoms with Gasteiger partial charge < -0.3 is 10.0 Å². The molecule has 1 aromatic rings. The summed E-state index contributed by atoms with van der Waals surface area (Å²) in [6.07, 6.45) is 0.774. The fraction of sp³-hybridized carbons (Fsp3) is 0.412. The number of amides is 1. The Morgan fingerprint density at radius 3 is 2.50 bits per heavy atom. The van der Waals surface area contributed by atoms with E-state index >= 15 is 0 Å². The fourth-order valence-corrected chi connectivity index (χ4v) is 5.58. The molecule has 2 fully saturated rings. The van der Waals surface area contributed by atoms with Gasteiger partial charge in [0, 0.05) is 11.8 Å². The summed E-state index contributed by atoms with van der Waals surface area (Å²) in [5.41, 5.74) is 1.43. The summed E-state index contributed by atoms with van der Waals surface area (Å²) in [6.45, 7) is 2.81. The summed E-state index contributed by atoms with van der Waals surface area (Å²) >= 11 is 0. The van der Waals surface area contributed by atoms with Gasteiger partial charge in [0.25, 0.3) is 0 Å². The predicted molar refractivity (Wildman–Crippen MR) is 92.9 cm³/mol. The van der Waals surface area contributed by atoms with E-state index in [-0.39, 0.29) is 18.7 Å². The Kier molecular flexibility index (Phi) is 4.22. The predicted octanol–water partition coefficient (Wildman–Crippen LogP) is 0.447. The van der Waals surface area contributed by atoms with Crippen LogP contribution in [0, 0.1) is 6.92 Å². The average molecular weight is 378 g/mol. The number of ketones is 1. The third kappa shape index (κ3) is 2.54. The van der Waals surface area contributed by atoms with E-state index in [9.17, 15) is 27.9 Å². The lowest BCUT2D eigenvalue weighted by molar-refractivity contribution is -0.156. The van der Waals surface area contributed by atoms with Gasteiger partial charge in [0.05, 0.1) is 6.42 Å². The van der Waals surface area contributed by atoms with Crippen LogP contribution in [0.3, 0.4) is 0 Å². The quantitative estimate of drug-likeness (QED) is 0.451. The zero-order valence-electron chi connectivity index (χ0n) is 14.2. The Bertz CT molecular complexity index is 921. The molecule has 2 heterocycles. The van der Waals surface area contributed by atoms with E-state index in [1.54, 1.807) is 24.3 Å². The molecule has 0 aliphatic carbocycles. The zero-order chi connectivity index (χ0) is 19.3. The molecule has 0 spiro atoms. The van der Waals surface area contributed by atoms with Crippen LogP contribution < -0.4 is 0 Å². The number of carbonyl (C=O) groups is 3. The second-order valence-electron chi connectivity index (χ2n) is 6.69.